The molecular formula is C45H28N4O. The predicted molar refractivity (Wildman–Crippen MR) is 204 cm³/mol. The average Bonchev–Trinajstić information content (AvgIpc) is 3.77. The summed E-state index contributed by atoms with van der Waals surface area (Å²) in [5, 5.41) is 18.6. The van der Waals surface area contributed by atoms with Gasteiger partial charge in [0, 0.05) is 54.9 Å². The first kappa shape index (κ1) is 28.2. The minimum absolute atomic E-state index is 0.740. The number of hydrogen-bond donors (Lipinski definition) is 1. The Labute approximate surface area is 287 Å². The second-order valence-corrected chi connectivity index (χ2v) is 12.5. The molecule has 0 radical (unpaired) electrons. The predicted octanol–water partition coefficient (Wildman–Crippen LogP) is 11.7. The second-order valence-electron chi connectivity index (χ2n) is 12.5. The third-order valence-electron chi connectivity index (χ3n) is 9.70. The van der Waals surface area contributed by atoms with Gasteiger partial charge >= 0.3 is 0 Å². The fourth-order valence-corrected chi connectivity index (χ4v) is 7.52. The monoisotopic (exact) mass is 640 g/mol. The maximum Gasteiger partial charge on any atom is 0.136 e. The Balaban J connectivity index is 1.38. The van der Waals surface area contributed by atoms with Crippen LogP contribution in [0.1, 0.15) is 0 Å². The van der Waals surface area contributed by atoms with E-state index < -0.39 is 0 Å². The van der Waals surface area contributed by atoms with E-state index in [4.69, 9.17) is 14.6 Å². The molecule has 234 valence electrons. The Morgan fingerprint density at radius 1 is 0.400 bits per heavy atom. The summed E-state index contributed by atoms with van der Waals surface area (Å²) in [6, 6.07) is 56.8. The van der Waals surface area contributed by atoms with E-state index >= 15 is 0 Å². The van der Waals surface area contributed by atoms with Crippen molar-refractivity contribution in [3.63, 3.8) is 0 Å². The molecule has 10 aromatic rings. The summed E-state index contributed by atoms with van der Waals surface area (Å²) in [5.74, 6) is 0. The van der Waals surface area contributed by atoms with Gasteiger partial charge in [0.1, 0.15) is 22.6 Å². The molecule has 7 aromatic carbocycles. The van der Waals surface area contributed by atoms with Gasteiger partial charge in [0.15, 0.2) is 0 Å². The molecule has 0 amide bonds. The van der Waals surface area contributed by atoms with Crippen LogP contribution in [0.3, 0.4) is 0 Å². The highest BCUT2D eigenvalue weighted by Crippen LogP contribution is 2.49. The normalized spacial score (nSPS) is 11.6. The molecule has 0 bridgehead atoms. The minimum Gasteiger partial charge on any atom is -0.456 e. The van der Waals surface area contributed by atoms with Gasteiger partial charge in [-0.3, -0.25) is 0 Å². The van der Waals surface area contributed by atoms with E-state index in [2.05, 4.69) is 125 Å². The quantitative estimate of drug-likeness (QED) is 0.203. The molecule has 0 unspecified atom stereocenters. The lowest BCUT2D eigenvalue weighted by Gasteiger charge is -2.21. The van der Waals surface area contributed by atoms with Crippen LogP contribution in [0.5, 0.6) is 0 Å². The second kappa shape index (κ2) is 11.4. The number of fused-ring (bicyclic) bond motifs is 6. The first-order valence-electron chi connectivity index (χ1n) is 16.7. The zero-order chi connectivity index (χ0) is 33.0. The van der Waals surface area contributed by atoms with Gasteiger partial charge in [-0.15, -0.1) is 10.2 Å². The van der Waals surface area contributed by atoms with Crippen LogP contribution in [0.15, 0.2) is 168 Å². The Hall–Kier alpha value is -6.85. The maximum absolute atomic E-state index is 6.37. The molecule has 1 N–H and O–H groups in total. The largest absolute Gasteiger partial charge is 0.456 e. The van der Waals surface area contributed by atoms with Crippen LogP contribution in [-0.2, 0) is 0 Å². The van der Waals surface area contributed by atoms with E-state index in [-0.39, 0.29) is 0 Å². The number of aromatic amines is 1. The minimum atomic E-state index is 0.740. The molecule has 0 aliphatic rings. The molecule has 5 nitrogen and oxygen atoms in total. The number of furan rings is 1. The number of rotatable bonds is 5. The van der Waals surface area contributed by atoms with Crippen molar-refractivity contribution in [2.75, 3.05) is 0 Å². The lowest BCUT2D eigenvalue weighted by molar-refractivity contribution is 0.669. The number of nitrogens with one attached hydrogen (secondary N) is 1. The van der Waals surface area contributed by atoms with Crippen LogP contribution in [0.25, 0.3) is 99.6 Å². The zero-order valence-corrected chi connectivity index (χ0v) is 26.8. The van der Waals surface area contributed by atoms with Gasteiger partial charge in [-0.25, -0.2) is 0 Å². The highest BCUT2D eigenvalue weighted by atomic mass is 16.3. The fraction of sp³-hybridized carbons (Fsp3) is 0. The summed E-state index contributed by atoms with van der Waals surface area (Å²) in [4.78, 5) is 3.76. The lowest BCUT2D eigenvalue weighted by Crippen LogP contribution is -2.03. The first-order valence-corrected chi connectivity index (χ1v) is 16.7. The number of para-hydroxylation sites is 3. The van der Waals surface area contributed by atoms with Crippen molar-refractivity contribution in [1.29, 1.82) is 0 Å². The summed E-state index contributed by atoms with van der Waals surface area (Å²) in [5.41, 5.74) is 13.5. The Kier molecular flexibility index (Phi) is 6.42. The van der Waals surface area contributed by atoms with Crippen molar-refractivity contribution in [3.8, 4) is 55.9 Å². The summed E-state index contributed by atoms with van der Waals surface area (Å²) in [6.07, 6.45) is 0. The van der Waals surface area contributed by atoms with Crippen LogP contribution in [0.4, 0.5) is 0 Å². The van der Waals surface area contributed by atoms with Crippen molar-refractivity contribution in [2.24, 2.45) is 0 Å². The van der Waals surface area contributed by atoms with E-state index in [9.17, 15) is 0 Å². The van der Waals surface area contributed by atoms with E-state index in [1.165, 1.54) is 10.8 Å². The van der Waals surface area contributed by atoms with Gasteiger partial charge in [-0.1, -0.05) is 146 Å². The summed E-state index contributed by atoms with van der Waals surface area (Å²) in [6.45, 7) is 0. The third kappa shape index (κ3) is 4.37. The van der Waals surface area contributed by atoms with Gasteiger partial charge in [0.05, 0.1) is 5.52 Å². The molecule has 0 spiro atoms. The molecule has 3 aromatic heterocycles. The molecule has 50 heavy (non-hydrogen) atoms. The Morgan fingerprint density at radius 3 is 1.86 bits per heavy atom. The van der Waals surface area contributed by atoms with E-state index in [1.807, 2.05) is 48.5 Å². The van der Waals surface area contributed by atoms with Crippen molar-refractivity contribution < 1.29 is 4.42 Å². The summed E-state index contributed by atoms with van der Waals surface area (Å²) >= 11 is 0. The van der Waals surface area contributed by atoms with E-state index in [0.717, 1.165) is 88.9 Å². The number of H-pyrrole nitrogens is 1. The Morgan fingerprint density at radius 2 is 1.00 bits per heavy atom. The van der Waals surface area contributed by atoms with Crippen LogP contribution >= 0.6 is 0 Å². The number of benzene rings is 7. The number of aromatic nitrogens is 4. The molecule has 0 aliphatic heterocycles. The van der Waals surface area contributed by atoms with Crippen LogP contribution in [0, 0.1) is 0 Å². The van der Waals surface area contributed by atoms with Gasteiger partial charge in [0.25, 0.3) is 0 Å². The Bertz CT molecular complexity index is 2870. The van der Waals surface area contributed by atoms with Crippen molar-refractivity contribution in [1.82, 2.24) is 20.4 Å². The smallest absolute Gasteiger partial charge is 0.136 e. The van der Waals surface area contributed by atoms with Gasteiger partial charge in [-0.05, 0) is 40.1 Å². The molecular weight excluding hydrogens is 613 g/mol. The fourth-order valence-electron chi connectivity index (χ4n) is 7.52. The van der Waals surface area contributed by atoms with Crippen molar-refractivity contribution in [2.45, 2.75) is 0 Å². The molecule has 3 heterocycles. The van der Waals surface area contributed by atoms with Gasteiger partial charge in [0.2, 0.25) is 0 Å². The topological polar surface area (TPSA) is 67.6 Å². The van der Waals surface area contributed by atoms with Crippen LogP contribution in [-0.4, -0.2) is 20.4 Å². The SMILES string of the molecule is c1ccc(-c2cccc(-c3cccc4c3[nH]c3ccccc34)c2-c2c(-c3ccccc3)nnnc2-c2cccc3oc4ccccc4c23)cc1. The molecule has 10 rings (SSSR count). The van der Waals surface area contributed by atoms with Crippen molar-refractivity contribution >= 4 is 43.7 Å². The number of nitrogens with zero attached hydrogens (tertiary/aromatic N) is 3. The number of hydrogen-bond acceptors (Lipinski definition) is 4. The van der Waals surface area contributed by atoms with Gasteiger partial charge < -0.3 is 9.40 Å². The van der Waals surface area contributed by atoms with Crippen LogP contribution < -0.4 is 0 Å². The highest BCUT2D eigenvalue weighted by molar-refractivity contribution is 6.17. The standard InChI is InChI=1S/C45H28N4O/c1-3-14-28(15-4-1)30-20-11-21-32(34-23-12-22-33-31-18-7-9-25-37(31)46-44(33)34)41(30)42-43(29-16-5-2-6-17-29)47-49-48-45(42)36-24-13-27-39-40(36)35-19-8-10-26-38(35)50-39/h1-27,46H. The highest BCUT2D eigenvalue weighted by Gasteiger charge is 2.27. The van der Waals surface area contributed by atoms with E-state index in [1.54, 1.807) is 0 Å². The molecule has 0 aliphatic carbocycles. The first-order chi connectivity index (χ1) is 24.8. The molecule has 0 atom stereocenters. The lowest BCUT2D eigenvalue weighted by atomic mass is 9.83. The molecule has 0 saturated heterocycles. The summed E-state index contributed by atoms with van der Waals surface area (Å²) in [7, 11) is 0. The summed E-state index contributed by atoms with van der Waals surface area (Å²) < 4.78 is 6.37. The van der Waals surface area contributed by atoms with E-state index in [0.29, 0.717) is 0 Å². The van der Waals surface area contributed by atoms with Crippen LogP contribution in [0.2, 0.25) is 0 Å². The van der Waals surface area contributed by atoms with Gasteiger partial charge in [-0.2, -0.15) is 0 Å². The molecule has 0 fully saturated rings. The molecule has 0 saturated carbocycles. The molecule has 5 heteroatoms. The zero-order valence-electron chi connectivity index (χ0n) is 26.8. The maximum atomic E-state index is 6.37. The third-order valence-corrected chi connectivity index (χ3v) is 9.70. The van der Waals surface area contributed by atoms with Crippen molar-refractivity contribution in [3.05, 3.63) is 164 Å². The average molecular weight is 641 g/mol.